The summed E-state index contributed by atoms with van der Waals surface area (Å²) in [6, 6.07) is 18.5. The first-order chi connectivity index (χ1) is 22.0. The number of aliphatic hydroxyl groups excluding tert-OH is 1. The molecule has 46 heavy (non-hydrogen) atoms. The van der Waals surface area contributed by atoms with E-state index in [9.17, 15) is 19.9 Å². The fourth-order valence-electron chi connectivity index (χ4n) is 6.14. The van der Waals surface area contributed by atoms with Gasteiger partial charge in [-0.2, -0.15) is 5.26 Å². The van der Waals surface area contributed by atoms with E-state index in [1.165, 1.54) is 30.3 Å². The lowest BCUT2D eigenvalue weighted by Crippen LogP contribution is -2.32. The van der Waals surface area contributed by atoms with Crippen molar-refractivity contribution in [2.24, 2.45) is 5.41 Å². The van der Waals surface area contributed by atoms with Crippen molar-refractivity contribution in [2.45, 2.75) is 51.2 Å². The highest BCUT2D eigenvalue weighted by molar-refractivity contribution is 6.30. The number of nitriles is 1. The van der Waals surface area contributed by atoms with Crippen molar-refractivity contribution in [3.8, 4) is 28.7 Å². The Morgan fingerprint density at radius 3 is 2.43 bits per heavy atom. The fourth-order valence-corrected chi connectivity index (χ4v) is 6.30. The van der Waals surface area contributed by atoms with Gasteiger partial charge in [-0.05, 0) is 66.9 Å². The number of aromatic nitrogens is 2. The molecule has 1 aromatic heterocycles. The first kappa shape index (κ1) is 30.1. The van der Waals surface area contributed by atoms with Gasteiger partial charge in [0.15, 0.2) is 17.8 Å². The van der Waals surface area contributed by atoms with Gasteiger partial charge in [0.25, 0.3) is 5.79 Å². The molecule has 1 aliphatic carbocycles. The van der Waals surface area contributed by atoms with Crippen LogP contribution in [0.15, 0.2) is 66.7 Å². The van der Waals surface area contributed by atoms with Gasteiger partial charge in [0.2, 0.25) is 0 Å². The third-order valence-corrected chi connectivity index (χ3v) is 9.08. The Labute approximate surface area is 267 Å². The van der Waals surface area contributed by atoms with Gasteiger partial charge in [0.1, 0.15) is 23.3 Å². The topological polar surface area (TPSA) is 101 Å². The van der Waals surface area contributed by atoms with Crippen LogP contribution in [0.2, 0.25) is 5.02 Å². The number of hydrogen-bond donors (Lipinski definition) is 2. The summed E-state index contributed by atoms with van der Waals surface area (Å²) in [4.78, 5) is 4.66. The van der Waals surface area contributed by atoms with E-state index in [1.54, 1.807) is 37.3 Å². The SMILES string of the molecule is CC1(c2ccc(Cl)cc2F)Oc2cccc(-c3cc(F)c(Cc4nc5ccc(C(O)O)cc5n4CC4(CC#N)CC4)c(F)c3)c2O1. The average Bonchev–Trinajstić information content (AvgIpc) is 3.54. The second-order valence-electron chi connectivity index (χ2n) is 12.1. The number of hydrogen-bond acceptors (Lipinski definition) is 6. The van der Waals surface area contributed by atoms with Crippen LogP contribution >= 0.6 is 11.6 Å². The van der Waals surface area contributed by atoms with Crippen molar-refractivity contribution >= 4 is 22.6 Å². The van der Waals surface area contributed by atoms with Gasteiger partial charge in [-0.15, -0.1) is 0 Å². The van der Waals surface area contributed by atoms with Gasteiger partial charge in [-0.3, -0.25) is 0 Å². The van der Waals surface area contributed by atoms with Crippen LogP contribution in [0.1, 0.15) is 55.0 Å². The zero-order valence-electron chi connectivity index (χ0n) is 24.5. The number of para-hydroxylation sites is 1. The molecule has 1 atom stereocenters. The molecule has 0 saturated heterocycles. The Morgan fingerprint density at radius 1 is 1.00 bits per heavy atom. The van der Waals surface area contributed by atoms with E-state index in [-0.39, 0.29) is 50.6 Å². The van der Waals surface area contributed by atoms with Crippen molar-refractivity contribution in [1.82, 2.24) is 9.55 Å². The number of benzene rings is 4. The van der Waals surface area contributed by atoms with Crippen LogP contribution in [0.4, 0.5) is 13.2 Å². The molecule has 5 aromatic rings. The molecule has 0 spiro atoms. The van der Waals surface area contributed by atoms with Gasteiger partial charge in [-0.25, -0.2) is 18.2 Å². The van der Waals surface area contributed by atoms with Gasteiger partial charge < -0.3 is 24.3 Å². The van der Waals surface area contributed by atoms with Crippen molar-refractivity contribution in [1.29, 1.82) is 5.26 Å². The van der Waals surface area contributed by atoms with Gasteiger partial charge >= 0.3 is 0 Å². The summed E-state index contributed by atoms with van der Waals surface area (Å²) in [6.45, 7) is 1.95. The third-order valence-electron chi connectivity index (χ3n) is 8.84. The summed E-state index contributed by atoms with van der Waals surface area (Å²) >= 11 is 5.92. The largest absolute Gasteiger partial charge is 0.444 e. The predicted molar refractivity (Wildman–Crippen MR) is 163 cm³/mol. The first-order valence-electron chi connectivity index (χ1n) is 14.7. The van der Waals surface area contributed by atoms with E-state index in [0.29, 0.717) is 35.4 Å². The first-order valence-corrected chi connectivity index (χ1v) is 15.0. The van der Waals surface area contributed by atoms with E-state index in [4.69, 9.17) is 21.1 Å². The highest BCUT2D eigenvalue weighted by Gasteiger charge is 2.44. The van der Waals surface area contributed by atoms with Crippen LogP contribution in [-0.2, 0) is 18.8 Å². The van der Waals surface area contributed by atoms with E-state index in [1.807, 2.05) is 4.57 Å². The minimum atomic E-state index is -1.70. The highest BCUT2D eigenvalue weighted by atomic mass is 35.5. The number of rotatable bonds is 8. The molecule has 1 aliphatic heterocycles. The van der Waals surface area contributed by atoms with Crippen molar-refractivity contribution in [3.05, 3.63) is 112 Å². The van der Waals surface area contributed by atoms with Crippen LogP contribution in [0.5, 0.6) is 11.5 Å². The molecule has 2 aliphatic rings. The lowest BCUT2D eigenvalue weighted by Gasteiger charge is -2.24. The number of halogens is 4. The maximum atomic E-state index is 15.8. The molecule has 1 saturated carbocycles. The number of ether oxygens (including phenoxy) is 2. The molecule has 2 N–H and O–H groups in total. The van der Waals surface area contributed by atoms with Crippen molar-refractivity contribution in [3.63, 3.8) is 0 Å². The standard InChI is InChI=1S/C35H27ClF3N3O4/c1-34(24-7-6-21(36)16-27(24)39)45-30-4-2-3-22(32(30)46-34)20-13-25(37)23(26(38)14-20)17-31-41-28-8-5-19(33(43)44)15-29(28)42(31)18-35(9-10-35)11-12-40/h2-8,13-16,33,43-44H,9-11,17-18H2,1H3. The molecule has 234 valence electrons. The second-order valence-corrected chi connectivity index (χ2v) is 12.5. The average molecular weight is 646 g/mol. The van der Waals surface area contributed by atoms with Crippen LogP contribution < -0.4 is 9.47 Å². The summed E-state index contributed by atoms with van der Waals surface area (Å²) in [6.07, 6.45) is 0.0895. The molecule has 7 rings (SSSR count). The molecule has 7 nitrogen and oxygen atoms in total. The summed E-state index contributed by atoms with van der Waals surface area (Å²) < 4.78 is 60.5. The summed E-state index contributed by atoms with van der Waals surface area (Å²) in [7, 11) is 0. The Morgan fingerprint density at radius 2 is 1.76 bits per heavy atom. The van der Waals surface area contributed by atoms with Crippen LogP contribution in [-0.4, -0.2) is 19.8 Å². The lowest BCUT2D eigenvalue weighted by molar-refractivity contribution is -0.0705. The summed E-state index contributed by atoms with van der Waals surface area (Å²) in [5, 5.41) is 29.1. The molecule has 0 amide bonds. The fraction of sp³-hybridized carbons (Fsp3) is 0.257. The Hall–Kier alpha value is -4.56. The van der Waals surface area contributed by atoms with E-state index >= 15 is 8.78 Å². The Kier molecular flexibility index (Phi) is 7.24. The van der Waals surface area contributed by atoms with E-state index in [0.717, 1.165) is 18.9 Å². The zero-order valence-corrected chi connectivity index (χ0v) is 25.3. The minimum Gasteiger partial charge on any atom is -0.444 e. The quantitative estimate of drug-likeness (QED) is 0.168. The van der Waals surface area contributed by atoms with Crippen molar-refractivity contribution < 1.29 is 32.9 Å². The summed E-state index contributed by atoms with van der Waals surface area (Å²) in [5.74, 6) is -2.90. The van der Waals surface area contributed by atoms with Crippen LogP contribution in [0, 0.1) is 34.2 Å². The zero-order chi connectivity index (χ0) is 32.4. The van der Waals surface area contributed by atoms with Gasteiger partial charge in [0, 0.05) is 53.4 Å². The molecule has 4 aromatic carbocycles. The molecular weight excluding hydrogens is 619 g/mol. The normalized spacial score (nSPS) is 17.9. The number of aliphatic hydroxyl groups is 2. The molecule has 11 heteroatoms. The highest BCUT2D eigenvalue weighted by Crippen LogP contribution is 2.51. The second kappa shape index (κ2) is 11.1. The number of imidazole rings is 1. The van der Waals surface area contributed by atoms with Crippen LogP contribution in [0.25, 0.3) is 22.2 Å². The lowest BCUT2D eigenvalue weighted by atomic mass is 10.00. The van der Waals surface area contributed by atoms with E-state index in [2.05, 4.69) is 11.1 Å². The summed E-state index contributed by atoms with van der Waals surface area (Å²) in [5.41, 5.74) is 1.55. The minimum absolute atomic E-state index is 0.109. The number of nitrogens with zero attached hydrogens (tertiary/aromatic N) is 3. The van der Waals surface area contributed by atoms with Crippen LogP contribution in [0.3, 0.4) is 0 Å². The molecule has 1 unspecified atom stereocenters. The maximum Gasteiger partial charge on any atom is 0.278 e. The number of fused-ring (bicyclic) bond motifs is 2. The molecular formula is C35H27ClF3N3O4. The van der Waals surface area contributed by atoms with Gasteiger partial charge in [-0.1, -0.05) is 29.8 Å². The maximum absolute atomic E-state index is 15.8. The third kappa shape index (κ3) is 5.24. The van der Waals surface area contributed by atoms with E-state index < -0.39 is 29.5 Å². The Balaban J connectivity index is 1.24. The molecule has 0 radical (unpaired) electrons. The smallest absolute Gasteiger partial charge is 0.278 e. The van der Waals surface area contributed by atoms with Crippen molar-refractivity contribution in [2.75, 3.05) is 0 Å². The molecule has 2 heterocycles. The Bertz CT molecular complexity index is 2050. The predicted octanol–water partition coefficient (Wildman–Crippen LogP) is 7.69. The van der Waals surface area contributed by atoms with Gasteiger partial charge in [0.05, 0.1) is 22.7 Å². The molecule has 0 bridgehead atoms. The monoisotopic (exact) mass is 645 g/mol. The molecule has 1 fully saturated rings.